The van der Waals surface area contributed by atoms with Crippen LogP contribution in [0.5, 0.6) is 0 Å². The molecule has 0 saturated heterocycles. The first kappa shape index (κ1) is 12.3. The lowest BCUT2D eigenvalue weighted by Gasteiger charge is -2.06. The van der Waals surface area contributed by atoms with Crippen LogP contribution < -0.4 is 0 Å². The fourth-order valence-electron chi connectivity index (χ4n) is 1.55. The van der Waals surface area contributed by atoms with Gasteiger partial charge in [-0.3, -0.25) is 10.1 Å². The zero-order valence-corrected chi connectivity index (χ0v) is 11.5. The SMILES string of the molecule is O=[N+]([O-])c1c(Cl)ccc(-c2ccccc2)c1I. The molecule has 5 heteroatoms. The molecule has 0 amide bonds. The second kappa shape index (κ2) is 5.01. The van der Waals surface area contributed by atoms with E-state index in [1.165, 1.54) is 0 Å². The number of halogens is 2. The molecule has 0 unspecified atom stereocenters. The van der Waals surface area contributed by atoms with Crippen molar-refractivity contribution in [2.45, 2.75) is 0 Å². The summed E-state index contributed by atoms with van der Waals surface area (Å²) in [6.45, 7) is 0. The standard InChI is InChI=1S/C12H7ClINO2/c13-10-7-6-9(8-4-2-1-3-5-8)11(14)12(10)15(16)17/h1-7H. The highest BCUT2D eigenvalue weighted by Crippen LogP contribution is 2.36. The number of rotatable bonds is 2. The van der Waals surface area contributed by atoms with Crippen molar-refractivity contribution in [1.29, 1.82) is 0 Å². The highest BCUT2D eigenvalue weighted by atomic mass is 127. The van der Waals surface area contributed by atoms with Gasteiger partial charge in [0.25, 0.3) is 0 Å². The van der Waals surface area contributed by atoms with Crippen LogP contribution in [0.3, 0.4) is 0 Å². The Kier molecular flexibility index (Phi) is 3.63. The van der Waals surface area contributed by atoms with Crippen molar-refractivity contribution in [2.75, 3.05) is 0 Å². The second-order valence-corrected chi connectivity index (χ2v) is 4.87. The molecule has 0 heterocycles. The highest BCUT2D eigenvalue weighted by Gasteiger charge is 2.20. The van der Waals surface area contributed by atoms with Gasteiger partial charge in [0.1, 0.15) is 8.59 Å². The Labute approximate surface area is 117 Å². The molecule has 0 bridgehead atoms. The third-order valence-electron chi connectivity index (χ3n) is 2.33. The average molecular weight is 360 g/mol. The zero-order chi connectivity index (χ0) is 12.4. The second-order valence-electron chi connectivity index (χ2n) is 3.38. The van der Waals surface area contributed by atoms with Gasteiger partial charge in [-0.2, -0.15) is 0 Å². The summed E-state index contributed by atoms with van der Waals surface area (Å²) >= 11 is 7.80. The number of hydrogen-bond donors (Lipinski definition) is 0. The lowest BCUT2D eigenvalue weighted by molar-refractivity contribution is -0.385. The van der Waals surface area contributed by atoms with E-state index in [0.717, 1.165) is 11.1 Å². The van der Waals surface area contributed by atoms with Crippen molar-refractivity contribution in [2.24, 2.45) is 0 Å². The predicted molar refractivity (Wildman–Crippen MR) is 76.3 cm³/mol. The molecule has 2 aromatic rings. The van der Waals surface area contributed by atoms with Crippen LogP contribution >= 0.6 is 34.2 Å². The van der Waals surface area contributed by atoms with E-state index in [1.54, 1.807) is 12.1 Å². The van der Waals surface area contributed by atoms with Crippen molar-refractivity contribution in [3.05, 3.63) is 61.2 Å². The minimum Gasteiger partial charge on any atom is -0.258 e. The molecule has 2 rings (SSSR count). The maximum Gasteiger partial charge on any atom is 0.301 e. The van der Waals surface area contributed by atoms with E-state index in [4.69, 9.17) is 11.6 Å². The minimum absolute atomic E-state index is 0.0337. The predicted octanol–water partition coefficient (Wildman–Crippen LogP) is 4.52. The first-order valence-electron chi connectivity index (χ1n) is 4.79. The van der Waals surface area contributed by atoms with Gasteiger partial charge >= 0.3 is 5.69 Å². The molecule has 3 nitrogen and oxygen atoms in total. The summed E-state index contributed by atoms with van der Waals surface area (Å²) in [7, 11) is 0. The molecule has 0 spiro atoms. The van der Waals surface area contributed by atoms with Gasteiger partial charge in [0.05, 0.1) is 4.92 Å². The van der Waals surface area contributed by atoms with Crippen LogP contribution in [-0.2, 0) is 0 Å². The maximum absolute atomic E-state index is 10.9. The summed E-state index contributed by atoms with van der Waals surface area (Å²) in [5.41, 5.74) is 1.73. The summed E-state index contributed by atoms with van der Waals surface area (Å²) in [5.74, 6) is 0. The molecule has 0 radical (unpaired) electrons. The summed E-state index contributed by atoms with van der Waals surface area (Å²) in [6.07, 6.45) is 0. The summed E-state index contributed by atoms with van der Waals surface area (Å²) in [4.78, 5) is 10.5. The van der Waals surface area contributed by atoms with Crippen LogP contribution in [0.2, 0.25) is 5.02 Å². The Balaban J connectivity index is 2.66. The third kappa shape index (κ3) is 2.42. The fraction of sp³-hybridized carbons (Fsp3) is 0. The van der Waals surface area contributed by atoms with Gasteiger partial charge in [0, 0.05) is 5.56 Å². The third-order valence-corrected chi connectivity index (χ3v) is 3.73. The Morgan fingerprint density at radius 3 is 2.35 bits per heavy atom. The van der Waals surface area contributed by atoms with Gasteiger partial charge in [-0.1, -0.05) is 48.0 Å². The smallest absolute Gasteiger partial charge is 0.258 e. The van der Waals surface area contributed by atoms with Crippen molar-refractivity contribution >= 4 is 39.9 Å². The van der Waals surface area contributed by atoms with E-state index in [1.807, 2.05) is 52.9 Å². The molecular formula is C12H7ClINO2. The first-order valence-corrected chi connectivity index (χ1v) is 6.24. The number of nitro groups is 1. The van der Waals surface area contributed by atoms with Crippen molar-refractivity contribution in [3.8, 4) is 11.1 Å². The molecule has 0 N–H and O–H groups in total. The van der Waals surface area contributed by atoms with Crippen molar-refractivity contribution in [1.82, 2.24) is 0 Å². The van der Waals surface area contributed by atoms with Gasteiger partial charge in [0.15, 0.2) is 0 Å². The van der Waals surface area contributed by atoms with Crippen molar-refractivity contribution in [3.63, 3.8) is 0 Å². The Bertz CT molecular complexity index is 572. The monoisotopic (exact) mass is 359 g/mol. The van der Waals surface area contributed by atoms with Gasteiger partial charge in [0.2, 0.25) is 0 Å². The topological polar surface area (TPSA) is 43.1 Å². The molecular weight excluding hydrogens is 352 g/mol. The van der Waals surface area contributed by atoms with E-state index in [2.05, 4.69) is 0 Å². The Hall–Kier alpha value is -1.14. The van der Waals surface area contributed by atoms with Crippen LogP contribution in [0.25, 0.3) is 11.1 Å². The lowest BCUT2D eigenvalue weighted by Crippen LogP contribution is -1.95. The zero-order valence-electron chi connectivity index (χ0n) is 8.56. The van der Waals surface area contributed by atoms with E-state index in [9.17, 15) is 10.1 Å². The van der Waals surface area contributed by atoms with Gasteiger partial charge in [-0.15, -0.1) is 0 Å². The van der Waals surface area contributed by atoms with E-state index < -0.39 is 4.92 Å². The van der Waals surface area contributed by atoms with Crippen LogP contribution in [0.1, 0.15) is 0 Å². The normalized spacial score (nSPS) is 10.2. The molecule has 0 aliphatic carbocycles. The van der Waals surface area contributed by atoms with Crippen LogP contribution in [0.15, 0.2) is 42.5 Å². The van der Waals surface area contributed by atoms with E-state index in [-0.39, 0.29) is 10.7 Å². The number of nitro benzene ring substituents is 1. The van der Waals surface area contributed by atoms with Crippen LogP contribution in [0, 0.1) is 13.7 Å². The van der Waals surface area contributed by atoms with E-state index >= 15 is 0 Å². The van der Waals surface area contributed by atoms with Gasteiger partial charge in [-0.05, 0) is 34.2 Å². The fourth-order valence-corrected chi connectivity index (χ4v) is 2.91. The molecule has 0 aromatic heterocycles. The van der Waals surface area contributed by atoms with Crippen molar-refractivity contribution < 1.29 is 4.92 Å². The van der Waals surface area contributed by atoms with E-state index in [0.29, 0.717) is 3.57 Å². The molecule has 0 fully saturated rings. The molecule has 0 atom stereocenters. The summed E-state index contributed by atoms with van der Waals surface area (Å²) < 4.78 is 0.561. The largest absolute Gasteiger partial charge is 0.301 e. The number of benzene rings is 2. The van der Waals surface area contributed by atoms with Crippen LogP contribution in [0.4, 0.5) is 5.69 Å². The Morgan fingerprint density at radius 1 is 1.12 bits per heavy atom. The lowest BCUT2D eigenvalue weighted by atomic mass is 10.1. The summed E-state index contributed by atoms with van der Waals surface area (Å²) in [5, 5.41) is 11.1. The first-order chi connectivity index (χ1) is 8.11. The molecule has 0 aliphatic rings. The van der Waals surface area contributed by atoms with Gasteiger partial charge in [-0.25, -0.2) is 0 Å². The van der Waals surface area contributed by atoms with Gasteiger partial charge < -0.3 is 0 Å². The number of nitrogens with zero attached hydrogens (tertiary/aromatic N) is 1. The Morgan fingerprint density at radius 2 is 1.76 bits per heavy atom. The maximum atomic E-state index is 10.9. The highest BCUT2D eigenvalue weighted by molar-refractivity contribution is 14.1. The number of hydrogen-bond acceptors (Lipinski definition) is 2. The minimum atomic E-state index is -0.448. The quantitative estimate of drug-likeness (QED) is 0.449. The molecule has 86 valence electrons. The molecule has 17 heavy (non-hydrogen) atoms. The van der Waals surface area contributed by atoms with Crippen LogP contribution in [-0.4, -0.2) is 4.92 Å². The molecule has 0 aliphatic heterocycles. The molecule has 0 saturated carbocycles. The summed E-state index contributed by atoms with van der Waals surface area (Å²) in [6, 6.07) is 12.9. The average Bonchev–Trinajstić information content (AvgIpc) is 2.30. The molecule has 2 aromatic carbocycles.